The zero-order valence-corrected chi connectivity index (χ0v) is 12.1. The van der Waals surface area contributed by atoms with Crippen LogP contribution >= 0.6 is 11.3 Å². The van der Waals surface area contributed by atoms with Crippen molar-refractivity contribution < 1.29 is 4.79 Å². The molecule has 0 unspecified atom stereocenters. The zero-order valence-electron chi connectivity index (χ0n) is 11.3. The van der Waals surface area contributed by atoms with Gasteiger partial charge in [-0.1, -0.05) is 6.07 Å². The van der Waals surface area contributed by atoms with E-state index in [2.05, 4.69) is 15.6 Å². The molecule has 1 aromatic carbocycles. The van der Waals surface area contributed by atoms with Crippen LogP contribution in [0.25, 0.3) is 0 Å². The summed E-state index contributed by atoms with van der Waals surface area (Å²) in [6.45, 7) is 4.61. The third-order valence-corrected chi connectivity index (χ3v) is 3.87. The van der Waals surface area contributed by atoms with Gasteiger partial charge in [0.05, 0.1) is 6.54 Å². The van der Waals surface area contributed by atoms with E-state index in [0.717, 1.165) is 22.0 Å². The van der Waals surface area contributed by atoms with E-state index in [0.29, 0.717) is 12.1 Å². The first-order valence-corrected chi connectivity index (χ1v) is 6.96. The van der Waals surface area contributed by atoms with Gasteiger partial charge in [-0.15, -0.1) is 11.3 Å². The number of nitrogens with zero attached hydrogens (tertiary/aromatic N) is 1. The Morgan fingerprint density at radius 2 is 2.16 bits per heavy atom. The fourth-order valence-corrected chi connectivity index (χ4v) is 2.57. The lowest BCUT2D eigenvalue weighted by Crippen LogP contribution is -2.19. The van der Waals surface area contributed by atoms with Crippen molar-refractivity contribution in [2.24, 2.45) is 0 Å². The Hall–Kier alpha value is -1.88. The van der Waals surface area contributed by atoms with Crippen LogP contribution in [0.5, 0.6) is 0 Å². The monoisotopic (exact) mass is 275 g/mol. The molecule has 19 heavy (non-hydrogen) atoms. The molecule has 0 atom stereocenters. The summed E-state index contributed by atoms with van der Waals surface area (Å²) in [5.41, 5.74) is 3.66. The molecule has 2 aromatic rings. The third kappa shape index (κ3) is 3.12. The van der Waals surface area contributed by atoms with Gasteiger partial charge in [0.1, 0.15) is 5.01 Å². The predicted octanol–water partition coefficient (Wildman–Crippen LogP) is 2.73. The highest BCUT2D eigenvalue weighted by Crippen LogP contribution is 2.20. The molecule has 0 spiro atoms. The number of aromatic nitrogens is 1. The maximum atomic E-state index is 11.7. The Bertz CT molecular complexity index is 592. The van der Waals surface area contributed by atoms with Gasteiger partial charge >= 0.3 is 0 Å². The number of anilines is 1. The molecule has 2 N–H and O–H groups in total. The standard InChI is InChI=1S/C14H17N3OS/c1-9-8-19-13(17-9)7-16-12-6-4-5-11(10(12)2)14(18)15-3/h4-6,8,16H,7H2,1-3H3,(H,15,18). The van der Waals surface area contributed by atoms with E-state index in [1.54, 1.807) is 18.4 Å². The summed E-state index contributed by atoms with van der Waals surface area (Å²) in [5, 5.41) is 9.06. The minimum atomic E-state index is -0.0637. The van der Waals surface area contributed by atoms with E-state index in [1.807, 2.05) is 37.4 Å². The number of carbonyl (C=O) groups is 1. The summed E-state index contributed by atoms with van der Waals surface area (Å²) in [6.07, 6.45) is 0. The quantitative estimate of drug-likeness (QED) is 0.902. The molecule has 0 saturated carbocycles. The van der Waals surface area contributed by atoms with Crippen LogP contribution in [0.1, 0.15) is 26.6 Å². The van der Waals surface area contributed by atoms with Gasteiger partial charge in [0.15, 0.2) is 0 Å². The topological polar surface area (TPSA) is 54.0 Å². The average Bonchev–Trinajstić information content (AvgIpc) is 2.82. The number of aryl methyl sites for hydroxylation is 1. The summed E-state index contributed by atoms with van der Waals surface area (Å²) in [6, 6.07) is 5.68. The molecule has 1 heterocycles. The van der Waals surface area contributed by atoms with Gasteiger partial charge < -0.3 is 10.6 Å². The summed E-state index contributed by atoms with van der Waals surface area (Å²) >= 11 is 1.64. The molecule has 100 valence electrons. The van der Waals surface area contributed by atoms with Crippen molar-refractivity contribution in [3.05, 3.63) is 45.4 Å². The molecule has 0 aliphatic rings. The smallest absolute Gasteiger partial charge is 0.251 e. The highest BCUT2D eigenvalue weighted by atomic mass is 32.1. The van der Waals surface area contributed by atoms with Crippen LogP contribution in [0, 0.1) is 13.8 Å². The molecule has 0 fully saturated rings. The van der Waals surface area contributed by atoms with E-state index in [-0.39, 0.29) is 5.91 Å². The van der Waals surface area contributed by atoms with E-state index < -0.39 is 0 Å². The maximum Gasteiger partial charge on any atom is 0.251 e. The fourth-order valence-electron chi connectivity index (χ4n) is 1.86. The third-order valence-electron chi connectivity index (χ3n) is 2.90. The number of rotatable bonds is 4. The lowest BCUT2D eigenvalue weighted by molar-refractivity contribution is 0.0962. The largest absolute Gasteiger partial charge is 0.378 e. The first-order chi connectivity index (χ1) is 9.11. The second-order valence-electron chi connectivity index (χ2n) is 4.29. The molecular formula is C14H17N3OS. The molecular weight excluding hydrogens is 258 g/mol. The SMILES string of the molecule is CNC(=O)c1cccc(NCc2nc(C)cs2)c1C. The first-order valence-electron chi connectivity index (χ1n) is 6.08. The number of nitrogens with one attached hydrogen (secondary N) is 2. The van der Waals surface area contributed by atoms with Crippen molar-refractivity contribution in [1.82, 2.24) is 10.3 Å². The van der Waals surface area contributed by atoms with Crippen molar-refractivity contribution in [2.45, 2.75) is 20.4 Å². The van der Waals surface area contributed by atoms with E-state index in [1.165, 1.54) is 0 Å². The Morgan fingerprint density at radius 1 is 1.37 bits per heavy atom. The van der Waals surface area contributed by atoms with Gasteiger partial charge in [-0.05, 0) is 31.5 Å². The molecule has 0 bridgehead atoms. The fraction of sp³-hybridized carbons (Fsp3) is 0.286. The number of carbonyl (C=O) groups excluding carboxylic acids is 1. The number of thiazole rings is 1. The highest BCUT2D eigenvalue weighted by Gasteiger charge is 2.10. The van der Waals surface area contributed by atoms with E-state index in [9.17, 15) is 4.79 Å². The molecule has 0 aliphatic heterocycles. The Kier molecular flexibility index (Phi) is 4.16. The van der Waals surface area contributed by atoms with Gasteiger partial charge in [0.2, 0.25) is 0 Å². The Balaban J connectivity index is 2.14. The second-order valence-corrected chi connectivity index (χ2v) is 5.24. The summed E-state index contributed by atoms with van der Waals surface area (Å²) < 4.78 is 0. The van der Waals surface area contributed by atoms with Crippen molar-refractivity contribution >= 4 is 22.9 Å². The lowest BCUT2D eigenvalue weighted by atomic mass is 10.1. The van der Waals surface area contributed by atoms with Gasteiger partial charge in [-0.3, -0.25) is 4.79 Å². The molecule has 0 saturated heterocycles. The molecule has 0 aliphatic carbocycles. The van der Waals surface area contributed by atoms with Gasteiger partial charge in [-0.2, -0.15) is 0 Å². The molecule has 0 radical (unpaired) electrons. The highest BCUT2D eigenvalue weighted by molar-refractivity contribution is 7.09. The summed E-state index contributed by atoms with van der Waals surface area (Å²) in [7, 11) is 1.64. The average molecular weight is 275 g/mol. The molecule has 5 heteroatoms. The van der Waals surface area contributed by atoms with E-state index >= 15 is 0 Å². The minimum absolute atomic E-state index is 0.0637. The molecule has 1 aromatic heterocycles. The van der Waals surface area contributed by atoms with Crippen molar-refractivity contribution in [2.75, 3.05) is 12.4 Å². The van der Waals surface area contributed by atoms with Crippen LogP contribution < -0.4 is 10.6 Å². The van der Waals surface area contributed by atoms with Crippen LogP contribution in [0.3, 0.4) is 0 Å². The van der Waals surface area contributed by atoms with Crippen LogP contribution in [-0.2, 0) is 6.54 Å². The normalized spacial score (nSPS) is 10.3. The summed E-state index contributed by atoms with van der Waals surface area (Å²) in [5.74, 6) is -0.0637. The molecule has 2 rings (SSSR count). The number of hydrogen-bond acceptors (Lipinski definition) is 4. The molecule has 1 amide bonds. The Labute approximate surface area is 116 Å². The van der Waals surface area contributed by atoms with Gasteiger partial charge in [0, 0.05) is 29.4 Å². The van der Waals surface area contributed by atoms with Crippen LogP contribution in [-0.4, -0.2) is 17.9 Å². The lowest BCUT2D eigenvalue weighted by Gasteiger charge is -2.11. The number of benzene rings is 1. The zero-order chi connectivity index (χ0) is 13.8. The second kappa shape index (κ2) is 5.84. The van der Waals surface area contributed by atoms with Crippen molar-refractivity contribution in [3.8, 4) is 0 Å². The van der Waals surface area contributed by atoms with Crippen LogP contribution in [0.2, 0.25) is 0 Å². The Morgan fingerprint density at radius 3 is 2.79 bits per heavy atom. The molecule has 4 nitrogen and oxygen atoms in total. The number of hydrogen-bond donors (Lipinski definition) is 2. The predicted molar refractivity (Wildman–Crippen MR) is 78.7 cm³/mol. The minimum Gasteiger partial charge on any atom is -0.378 e. The first kappa shape index (κ1) is 13.5. The van der Waals surface area contributed by atoms with Crippen molar-refractivity contribution in [3.63, 3.8) is 0 Å². The number of amides is 1. The maximum absolute atomic E-state index is 11.7. The van der Waals surface area contributed by atoms with Gasteiger partial charge in [0.25, 0.3) is 5.91 Å². The summed E-state index contributed by atoms with van der Waals surface area (Å²) in [4.78, 5) is 16.1. The van der Waals surface area contributed by atoms with Crippen LogP contribution in [0.15, 0.2) is 23.6 Å². The van der Waals surface area contributed by atoms with E-state index in [4.69, 9.17) is 0 Å². The van der Waals surface area contributed by atoms with Crippen LogP contribution in [0.4, 0.5) is 5.69 Å². The van der Waals surface area contributed by atoms with Crippen molar-refractivity contribution in [1.29, 1.82) is 0 Å². The van der Waals surface area contributed by atoms with Gasteiger partial charge in [-0.25, -0.2) is 4.98 Å².